The summed E-state index contributed by atoms with van der Waals surface area (Å²) in [6.45, 7) is 3.93. The largest absolute Gasteiger partial charge is 0.310 e. The number of nitro benzene ring substituents is 1. The normalized spacial score (nSPS) is 18.2. The van der Waals surface area contributed by atoms with E-state index < -0.39 is 10.2 Å². The summed E-state index contributed by atoms with van der Waals surface area (Å²) in [5, 5.41) is 16.2. The molecule has 2 heterocycles. The average molecular weight is 362 g/mol. The van der Waals surface area contributed by atoms with Gasteiger partial charge in [-0.3, -0.25) is 29.5 Å². The third-order valence-electron chi connectivity index (χ3n) is 4.28. The van der Waals surface area contributed by atoms with E-state index >= 15 is 0 Å². The molecule has 9 heteroatoms. The summed E-state index contributed by atoms with van der Waals surface area (Å²) in [7, 11) is 0. The molecule has 0 fully saturated rings. The van der Waals surface area contributed by atoms with Crippen LogP contribution < -0.4 is 10.9 Å². The van der Waals surface area contributed by atoms with Crippen molar-refractivity contribution < 1.29 is 9.72 Å². The Balaban J connectivity index is 2.16. The minimum Gasteiger partial charge on any atom is -0.310 e. The standard InChI is InChI=1S/C16H18N4O4S/c1-3-9(2)19-15-13(16(22)18-19)14(25-8-12(21)17-15)10-5-4-6-11(7-10)20(23)24/h4-7,9,14H,3,8H2,1-2H3,(H,17,21)(H,18,22). The Kier molecular flexibility index (Phi) is 4.67. The van der Waals surface area contributed by atoms with Crippen LogP contribution in [-0.2, 0) is 4.79 Å². The van der Waals surface area contributed by atoms with E-state index in [4.69, 9.17) is 0 Å². The number of hydrogen-bond acceptors (Lipinski definition) is 5. The fourth-order valence-electron chi connectivity index (χ4n) is 2.82. The monoisotopic (exact) mass is 362 g/mol. The quantitative estimate of drug-likeness (QED) is 0.642. The lowest BCUT2D eigenvalue weighted by molar-refractivity contribution is -0.384. The number of H-pyrrole nitrogens is 1. The SMILES string of the molecule is CCC(C)n1[nH]c(=O)c2c1NC(=O)CSC2c1cccc([N+](=O)[O-])c1. The van der Waals surface area contributed by atoms with E-state index in [1.165, 1.54) is 23.9 Å². The van der Waals surface area contributed by atoms with Crippen LogP contribution in [0.3, 0.4) is 0 Å². The zero-order chi connectivity index (χ0) is 18.1. The van der Waals surface area contributed by atoms with Gasteiger partial charge in [-0.2, -0.15) is 0 Å². The van der Waals surface area contributed by atoms with Gasteiger partial charge in [0.1, 0.15) is 5.82 Å². The second-order valence-corrected chi connectivity index (χ2v) is 7.02. The zero-order valence-electron chi connectivity index (χ0n) is 13.8. The number of aromatic amines is 1. The lowest BCUT2D eigenvalue weighted by Crippen LogP contribution is -2.18. The molecule has 0 spiro atoms. The fourth-order valence-corrected chi connectivity index (χ4v) is 3.94. The number of rotatable bonds is 4. The number of nitrogens with zero attached hydrogens (tertiary/aromatic N) is 2. The number of fused-ring (bicyclic) bond motifs is 1. The van der Waals surface area contributed by atoms with Crippen LogP contribution in [0.1, 0.15) is 42.7 Å². The van der Waals surface area contributed by atoms with Crippen LogP contribution in [-0.4, -0.2) is 26.4 Å². The molecule has 2 unspecified atom stereocenters. The maximum Gasteiger partial charge on any atom is 0.270 e. The molecule has 1 aliphatic heterocycles. The third kappa shape index (κ3) is 3.19. The third-order valence-corrected chi connectivity index (χ3v) is 5.55. The minimum atomic E-state index is -0.469. The Labute approximate surface area is 147 Å². The molecule has 1 amide bonds. The molecule has 25 heavy (non-hydrogen) atoms. The number of nitro groups is 1. The molecule has 0 radical (unpaired) electrons. The summed E-state index contributed by atoms with van der Waals surface area (Å²) in [6.07, 6.45) is 0.779. The number of carbonyl (C=O) groups excluding carboxylic acids is 1. The van der Waals surface area contributed by atoms with E-state index in [0.717, 1.165) is 6.42 Å². The average Bonchev–Trinajstić information content (AvgIpc) is 2.80. The molecular weight excluding hydrogens is 344 g/mol. The van der Waals surface area contributed by atoms with Gasteiger partial charge in [0.15, 0.2) is 0 Å². The van der Waals surface area contributed by atoms with Gasteiger partial charge in [0.2, 0.25) is 5.91 Å². The molecule has 1 aromatic heterocycles. The van der Waals surface area contributed by atoms with Crippen LogP contribution in [0.2, 0.25) is 0 Å². The van der Waals surface area contributed by atoms with Crippen molar-refractivity contribution in [2.75, 3.05) is 11.1 Å². The first-order chi connectivity index (χ1) is 11.9. The van der Waals surface area contributed by atoms with E-state index in [2.05, 4.69) is 10.4 Å². The Morgan fingerprint density at radius 2 is 2.20 bits per heavy atom. The van der Waals surface area contributed by atoms with Gasteiger partial charge in [0.05, 0.1) is 21.5 Å². The lowest BCUT2D eigenvalue weighted by Gasteiger charge is -2.16. The first-order valence-electron chi connectivity index (χ1n) is 7.92. The highest BCUT2D eigenvalue weighted by molar-refractivity contribution is 8.00. The van der Waals surface area contributed by atoms with Crippen LogP contribution in [0.25, 0.3) is 0 Å². The minimum absolute atomic E-state index is 0.00519. The first-order valence-corrected chi connectivity index (χ1v) is 8.97. The number of thioether (sulfide) groups is 1. The summed E-state index contributed by atoms with van der Waals surface area (Å²) in [5.41, 5.74) is 0.725. The van der Waals surface area contributed by atoms with Crippen LogP contribution in [0.4, 0.5) is 11.5 Å². The van der Waals surface area contributed by atoms with Gasteiger partial charge in [0, 0.05) is 18.2 Å². The van der Waals surface area contributed by atoms with Crippen LogP contribution in [0, 0.1) is 10.1 Å². The maximum absolute atomic E-state index is 12.6. The van der Waals surface area contributed by atoms with Crippen molar-refractivity contribution in [3.8, 4) is 0 Å². The molecule has 2 aromatic rings. The highest BCUT2D eigenvalue weighted by Gasteiger charge is 2.31. The summed E-state index contributed by atoms with van der Waals surface area (Å²) >= 11 is 1.29. The molecule has 1 aliphatic rings. The van der Waals surface area contributed by atoms with Crippen molar-refractivity contribution in [2.24, 2.45) is 0 Å². The molecule has 1 aromatic carbocycles. The molecule has 0 saturated heterocycles. The van der Waals surface area contributed by atoms with Gasteiger partial charge in [0.25, 0.3) is 11.2 Å². The summed E-state index contributed by atoms with van der Waals surface area (Å²) < 4.78 is 1.67. The number of hydrogen-bond donors (Lipinski definition) is 2. The maximum atomic E-state index is 12.6. The van der Waals surface area contributed by atoms with E-state index in [-0.39, 0.29) is 28.9 Å². The van der Waals surface area contributed by atoms with Crippen LogP contribution in [0.15, 0.2) is 29.1 Å². The van der Waals surface area contributed by atoms with Gasteiger partial charge in [-0.25, -0.2) is 0 Å². The van der Waals surface area contributed by atoms with Gasteiger partial charge in [-0.15, -0.1) is 11.8 Å². The number of benzene rings is 1. The number of carbonyl (C=O) groups is 1. The number of amides is 1. The Morgan fingerprint density at radius 1 is 1.44 bits per heavy atom. The molecule has 0 bridgehead atoms. The van der Waals surface area contributed by atoms with E-state index in [1.807, 2.05) is 13.8 Å². The van der Waals surface area contributed by atoms with Gasteiger partial charge >= 0.3 is 0 Å². The van der Waals surface area contributed by atoms with E-state index in [9.17, 15) is 19.7 Å². The van der Waals surface area contributed by atoms with Gasteiger partial charge in [-0.1, -0.05) is 19.1 Å². The second-order valence-electron chi connectivity index (χ2n) is 5.92. The Bertz CT molecular complexity index is 889. The predicted molar refractivity (Wildman–Crippen MR) is 96.1 cm³/mol. The highest BCUT2D eigenvalue weighted by atomic mass is 32.2. The molecule has 3 rings (SSSR count). The van der Waals surface area contributed by atoms with Gasteiger partial charge < -0.3 is 5.32 Å². The highest BCUT2D eigenvalue weighted by Crippen LogP contribution is 2.41. The predicted octanol–water partition coefficient (Wildman–Crippen LogP) is 2.83. The van der Waals surface area contributed by atoms with Crippen molar-refractivity contribution in [1.29, 1.82) is 0 Å². The van der Waals surface area contributed by atoms with Crippen molar-refractivity contribution in [2.45, 2.75) is 31.6 Å². The lowest BCUT2D eigenvalue weighted by atomic mass is 10.1. The summed E-state index contributed by atoms with van der Waals surface area (Å²) in [4.78, 5) is 35.3. The van der Waals surface area contributed by atoms with Crippen molar-refractivity contribution >= 4 is 29.2 Å². The molecular formula is C16H18N4O4S. The molecule has 0 saturated carbocycles. The molecule has 2 N–H and O–H groups in total. The molecule has 8 nitrogen and oxygen atoms in total. The molecule has 0 aliphatic carbocycles. The van der Waals surface area contributed by atoms with E-state index in [1.54, 1.807) is 16.8 Å². The number of nitrogens with one attached hydrogen (secondary N) is 2. The van der Waals surface area contributed by atoms with E-state index in [0.29, 0.717) is 16.9 Å². The van der Waals surface area contributed by atoms with Gasteiger partial charge in [-0.05, 0) is 18.9 Å². The summed E-state index contributed by atoms with van der Waals surface area (Å²) in [6, 6.07) is 6.20. The number of anilines is 1. The Hall–Kier alpha value is -2.55. The van der Waals surface area contributed by atoms with Crippen LogP contribution in [0.5, 0.6) is 0 Å². The fraction of sp³-hybridized carbons (Fsp3) is 0.375. The zero-order valence-corrected chi connectivity index (χ0v) is 14.6. The van der Waals surface area contributed by atoms with Crippen LogP contribution >= 0.6 is 11.8 Å². The second kappa shape index (κ2) is 6.75. The molecule has 132 valence electrons. The van der Waals surface area contributed by atoms with Crippen molar-refractivity contribution in [3.63, 3.8) is 0 Å². The topological polar surface area (TPSA) is 110 Å². The number of non-ortho nitro benzene ring substituents is 1. The van der Waals surface area contributed by atoms with Crippen molar-refractivity contribution in [3.05, 3.63) is 55.9 Å². The smallest absolute Gasteiger partial charge is 0.270 e. The number of aromatic nitrogens is 2. The summed E-state index contributed by atoms with van der Waals surface area (Å²) in [5.74, 6) is 0.420. The Morgan fingerprint density at radius 3 is 2.88 bits per heavy atom. The first kappa shape index (κ1) is 17.3. The molecule has 2 atom stereocenters. The van der Waals surface area contributed by atoms with Crippen molar-refractivity contribution in [1.82, 2.24) is 9.78 Å².